The van der Waals surface area contributed by atoms with E-state index in [0.29, 0.717) is 17.5 Å². The van der Waals surface area contributed by atoms with Crippen molar-refractivity contribution < 1.29 is 0 Å². The minimum absolute atomic E-state index is 0.371. The molecule has 1 aromatic carbocycles. The lowest BCUT2D eigenvalue weighted by atomic mass is 9.94. The Morgan fingerprint density at radius 3 is 2.88 bits per heavy atom. The first-order chi connectivity index (χ1) is 7.63. The molecule has 0 aromatic heterocycles. The summed E-state index contributed by atoms with van der Waals surface area (Å²) in [4.78, 5) is 2.20. The number of halogens is 2. The van der Waals surface area contributed by atoms with Gasteiger partial charge in [0.2, 0.25) is 0 Å². The topological polar surface area (TPSA) is 29.3 Å². The number of anilines is 1. The van der Waals surface area contributed by atoms with Gasteiger partial charge in [-0.3, -0.25) is 0 Å². The number of rotatable bonds is 1. The Morgan fingerprint density at radius 2 is 2.19 bits per heavy atom. The van der Waals surface area contributed by atoms with Crippen molar-refractivity contribution in [1.82, 2.24) is 0 Å². The Labute approximate surface area is 106 Å². The van der Waals surface area contributed by atoms with E-state index in [4.69, 9.17) is 28.9 Å². The fraction of sp³-hybridized carbons (Fsp3) is 0.500. The maximum atomic E-state index is 6.27. The molecule has 2 rings (SSSR count). The molecule has 0 spiro atoms. The molecule has 1 atom stereocenters. The summed E-state index contributed by atoms with van der Waals surface area (Å²) in [5.41, 5.74) is 8.12. The lowest BCUT2D eigenvalue weighted by Crippen LogP contribution is -2.18. The predicted octanol–water partition coefficient (Wildman–Crippen LogP) is 3.27. The molecule has 1 heterocycles. The molecule has 2 nitrogen and oxygen atoms in total. The molecule has 1 aromatic rings. The van der Waals surface area contributed by atoms with Gasteiger partial charge < -0.3 is 10.6 Å². The van der Waals surface area contributed by atoms with E-state index in [1.54, 1.807) is 6.07 Å². The van der Waals surface area contributed by atoms with Gasteiger partial charge in [-0.15, -0.1) is 0 Å². The van der Waals surface area contributed by atoms with Crippen LogP contribution in [0.3, 0.4) is 0 Å². The van der Waals surface area contributed by atoms with Crippen LogP contribution < -0.4 is 10.6 Å². The highest BCUT2D eigenvalue weighted by Gasteiger charge is 2.23. The second-order valence-electron chi connectivity index (χ2n) is 4.32. The largest absolute Gasteiger partial charge is 0.373 e. The van der Waals surface area contributed by atoms with Crippen LogP contribution in [0.2, 0.25) is 10.0 Å². The molecule has 0 saturated heterocycles. The van der Waals surface area contributed by atoms with Crippen molar-refractivity contribution in [2.45, 2.75) is 18.8 Å². The van der Waals surface area contributed by atoms with Crippen LogP contribution in [0.1, 0.15) is 24.3 Å². The lowest BCUT2D eigenvalue weighted by Gasteiger charge is -2.22. The van der Waals surface area contributed by atoms with Crippen LogP contribution in [0.4, 0.5) is 5.69 Å². The quantitative estimate of drug-likeness (QED) is 0.838. The average Bonchev–Trinajstić information content (AvgIpc) is 2.37. The van der Waals surface area contributed by atoms with Crippen molar-refractivity contribution >= 4 is 28.9 Å². The lowest BCUT2D eigenvalue weighted by molar-refractivity contribution is 0.619. The van der Waals surface area contributed by atoms with Gasteiger partial charge in [-0.1, -0.05) is 23.2 Å². The van der Waals surface area contributed by atoms with Gasteiger partial charge in [0.05, 0.1) is 10.7 Å². The molecule has 0 aliphatic carbocycles. The Hall–Kier alpha value is -0.440. The first-order valence-corrected chi connectivity index (χ1v) is 6.29. The molecule has 0 saturated carbocycles. The highest BCUT2D eigenvalue weighted by atomic mass is 35.5. The van der Waals surface area contributed by atoms with Gasteiger partial charge in [0.1, 0.15) is 0 Å². The van der Waals surface area contributed by atoms with E-state index in [0.717, 1.165) is 30.1 Å². The summed E-state index contributed by atoms with van der Waals surface area (Å²) in [6.45, 7) is 1.67. The van der Waals surface area contributed by atoms with Gasteiger partial charge in [-0.05, 0) is 43.0 Å². The molecule has 4 heteroatoms. The Kier molecular flexibility index (Phi) is 3.63. The van der Waals surface area contributed by atoms with E-state index >= 15 is 0 Å². The minimum atomic E-state index is 0.371. The molecule has 2 N–H and O–H groups in total. The molecule has 0 amide bonds. The number of nitrogens with zero attached hydrogens (tertiary/aromatic N) is 1. The van der Waals surface area contributed by atoms with Crippen molar-refractivity contribution in [3.05, 3.63) is 27.7 Å². The first-order valence-electron chi connectivity index (χ1n) is 5.53. The molecule has 0 fully saturated rings. The van der Waals surface area contributed by atoms with Gasteiger partial charge in [0.15, 0.2) is 0 Å². The van der Waals surface area contributed by atoms with Crippen LogP contribution in [-0.4, -0.2) is 20.1 Å². The Bertz CT molecular complexity index is 393. The van der Waals surface area contributed by atoms with Gasteiger partial charge in [0, 0.05) is 18.6 Å². The molecule has 1 aliphatic rings. The van der Waals surface area contributed by atoms with Gasteiger partial charge in [0.25, 0.3) is 0 Å². The summed E-state index contributed by atoms with van der Waals surface area (Å²) in [5.74, 6) is 0.371. The van der Waals surface area contributed by atoms with Crippen LogP contribution in [0.15, 0.2) is 12.1 Å². The van der Waals surface area contributed by atoms with Crippen molar-refractivity contribution in [3.63, 3.8) is 0 Å². The Balaban J connectivity index is 2.56. The summed E-state index contributed by atoms with van der Waals surface area (Å²) in [5, 5.41) is 1.42. The van der Waals surface area contributed by atoms with Crippen molar-refractivity contribution in [3.8, 4) is 0 Å². The van der Waals surface area contributed by atoms with Crippen LogP contribution in [0.25, 0.3) is 0 Å². The average molecular weight is 259 g/mol. The van der Waals surface area contributed by atoms with Gasteiger partial charge in [-0.25, -0.2) is 0 Å². The van der Waals surface area contributed by atoms with Crippen molar-refractivity contribution in [2.75, 3.05) is 25.0 Å². The number of hydrogen-bond donors (Lipinski definition) is 1. The fourth-order valence-corrected chi connectivity index (χ4v) is 3.04. The first kappa shape index (κ1) is 12.0. The Morgan fingerprint density at radius 1 is 1.44 bits per heavy atom. The molecule has 16 heavy (non-hydrogen) atoms. The summed E-state index contributed by atoms with van der Waals surface area (Å²) < 4.78 is 0. The summed E-state index contributed by atoms with van der Waals surface area (Å²) in [7, 11) is 2.07. The normalized spacial score (nSPS) is 20.5. The number of fused-ring (bicyclic) bond motifs is 1. The number of benzene rings is 1. The fourth-order valence-electron chi connectivity index (χ4n) is 2.39. The third-order valence-corrected chi connectivity index (χ3v) is 3.72. The molecule has 1 aliphatic heterocycles. The standard InChI is InChI=1S/C12H16Cl2N2/c1-16-4-2-3-8(7-15)10-5-9(13)6-11(14)12(10)16/h5-6,8H,2-4,7,15H2,1H3. The predicted molar refractivity (Wildman–Crippen MR) is 70.8 cm³/mol. The van der Waals surface area contributed by atoms with Crippen molar-refractivity contribution in [1.29, 1.82) is 0 Å². The zero-order chi connectivity index (χ0) is 11.7. The van der Waals surface area contributed by atoms with Crippen LogP contribution in [0, 0.1) is 0 Å². The summed E-state index contributed by atoms with van der Waals surface area (Å²) >= 11 is 12.3. The van der Waals surface area contributed by atoms with E-state index in [1.807, 2.05) is 6.07 Å². The van der Waals surface area contributed by atoms with E-state index in [9.17, 15) is 0 Å². The van der Waals surface area contributed by atoms with Gasteiger partial charge in [-0.2, -0.15) is 0 Å². The van der Waals surface area contributed by atoms with E-state index < -0.39 is 0 Å². The maximum Gasteiger partial charge on any atom is 0.0657 e. The minimum Gasteiger partial charge on any atom is -0.373 e. The summed E-state index contributed by atoms with van der Waals surface area (Å²) in [6.07, 6.45) is 2.24. The molecular weight excluding hydrogens is 243 g/mol. The monoisotopic (exact) mass is 258 g/mol. The maximum absolute atomic E-state index is 6.27. The second-order valence-corrected chi connectivity index (χ2v) is 5.17. The SMILES string of the molecule is CN1CCCC(CN)c2cc(Cl)cc(Cl)c21. The molecule has 0 radical (unpaired) electrons. The highest BCUT2D eigenvalue weighted by molar-refractivity contribution is 6.36. The molecule has 88 valence electrons. The number of hydrogen-bond acceptors (Lipinski definition) is 2. The van der Waals surface area contributed by atoms with Crippen LogP contribution in [-0.2, 0) is 0 Å². The zero-order valence-electron chi connectivity index (χ0n) is 9.34. The third-order valence-electron chi connectivity index (χ3n) is 3.21. The molecule has 0 bridgehead atoms. The van der Waals surface area contributed by atoms with E-state index in [1.165, 1.54) is 5.56 Å². The highest BCUT2D eigenvalue weighted by Crippen LogP contribution is 2.40. The van der Waals surface area contributed by atoms with Gasteiger partial charge >= 0.3 is 0 Å². The number of nitrogens with two attached hydrogens (primary N) is 1. The summed E-state index contributed by atoms with van der Waals surface area (Å²) in [6, 6.07) is 3.81. The van der Waals surface area contributed by atoms with E-state index in [2.05, 4.69) is 11.9 Å². The zero-order valence-corrected chi connectivity index (χ0v) is 10.9. The second kappa shape index (κ2) is 4.82. The third kappa shape index (κ3) is 2.15. The smallest absolute Gasteiger partial charge is 0.0657 e. The van der Waals surface area contributed by atoms with E-state index in [-0.39, 0.29) is 0 Å². The molecular formula is C12H16Cl2N2. The van der Waals surface area contributed by atoms with Crippen molar-refractivity contribution in [2.24, 2.45) is 5.73 Å². The van der Waals surface area contributed by atoms with Crippen LogP contribution >= 0.6 is 23.2 Å². The van der Waals surface area contributed by atoms with Crippen LogP contribution in [0.5, 0.6) is 0 Å². The molecule has 1 unspecified atom stereocenters.